The van der Waals surface area contributed by atoms with Gasteiger partial charge in [0, 0.05) is 6.54 Å². The normalized spacial score (nSPS) is 16.9. The van der Waals surface area contributed by atoms with E-state index in [9.17, 15) is 19.8 Å². The van der Waals surface area contributed by atoms with Crippen LogP contribution in [-0.4, -0.2) is 57.9 Å². The van der Waals surface area contributed by atoms with Crippen LogP contribution in [0.1, 0.15) is 64.5 Å². The van der Waals surface area contributed by atoms with Crippen molar-refractivity contribution >= 4 is 11.7 Å². The molecule has 1 aromatic carbocycles. The molecule has 160 valence electrons. The molecule has 0 aliphatic carbocycles. The molecule has 0 aromatic heterocycles. The summed E-state index contributed by atoms with van der Waals surface area (Å²) in [7, 11) is 0. The predicted octanol–water partition coefficient (Wildman–Crippen LogP) is 3.97. The zero-order valence-electron chi connectivity index (χ0n) is 17.9. The van der Waals surface area contributed by atoms with E-state index in [1.165, 1.54) is 6.92 Å². The third-order valence-corrected chi connectivity index (χ3v) is 5.40. The highest BCUT2D eigenvalue weighted by Crippen LogP contribution is 2.38. The van der Waals surface area contributed by atoms with Crippen LogP contribution in [0.4, 0.5) is 0 Å². The van der Waals surface area contributed by atoms with Gasteiger partial charge in [-0.15, -0.1) is 0 Å². The lowest BCUT2D eigenvalue weighted by Gasteiger charge is -2.28. The van der Waals surface area contributed by atoms with Crippen molar-refractivity contribution in [3.8, 4) is 5.75 Å². The number of hydrogen-bond donors (Lipinski definition) is 2. The zero-order chi connectivity index (χ0) is 21.4. The highest BCUT2D eigenvalue weighted by molar-refractivity contribution is 6.08. The van der Waals surface area contributed by atoms with Crippen LogP contribution in [0.2, 0.25) is 0 Å². The number of Topliss-reactive ketones (excluding diaryl/α,β-unsaturated/α-hetero) is 1. The Hall–Kier alpha value is -2.34. The lowest BCUT2D eigenvalue weighted by Crippen LogP contribution is -2.35. The van der Waals surface area contributed by atoms with Crippen LogP contribution >= 0.6 is 0 Å². The van der Waals surface area contributed by atoms with E-state index < -0.39 is 17.7 Å². The highest BCUT2D eigenvalue weighted by atomic mass is 16.3. The van der Waals surface area contributed by atoms with Gasteiger partial charge in [-0.1, -0.05) is 38.8 Å². The van der Waals surface area contributed by atoms with Gasteiger partial charge in [-0.3, -0.25) is 9.59 Å². The summed E-state index contributed by atoms with van der Waals surface area (Å²) < 4.78 is 0. The van der Waals surface area contributed by atoms with E-state index in [1.54, 1.807) is 29.2 Å². The number of hydrogen-bond acceptors (Lipinski definition) is 5. The van der Waals surface area contributed by atoms with Gasteiger partial charge in [-0.25, -0.2) is 0 Å². The maximum atomic E-state index is 12.7. The number of carbonyl (C=O) groups excluding carboxylic acids is 2. The van der Waals surface area contributed by atoms with Gasteiger partial charge in [0.05, 0.1) is 11.6 Å². The van der Waals surface area contributed by atoms with Gasteiger partial charge >= 0.3 is 0 Å². The number of carbonyl (C=O) groups is 2. The summed E-state index contributed by atoms with van der Waals surface area (Å²) in [5, 5.41) is 20.2. The van der Waals surface area contributed by atoms with E-state index in [1.807, 2.05) is 0 Å². The van der Waals surface area contributed by atoms with Crippen molar-refractivity contribution in [3.05, 3.63) is 41.2 Å². The van der Waals surface area contributed by atoms with Crippen molar-refractivity contribution in [1.82, 2.24) is 9.80 Å². The molecule has 0 fully saturated rings. The van der Waals surface area contributed by atoms with Gasteiger partial charge in [0.15, 0.2) is 11.5 Å². The van der Waals surface area contributed by atoms with E-state index in [2.05, 4.69) is 18.7 Å². The van der Waals surface area contributed by atoms with Gasteiger partial charge < -0.3 is 20.0 Å². The summed E-state index contributed by atoms with van der Waals surface area (Å²) >= 11 is 0. The summed E-state index contributed by atoms with van der Waals surface area (Å²) in [6.45, 7) is 9.11. The molecule has 1 aliphatic heterocycles. The van der Waals surface area contributed by atoms with Crippen molar-refractivity contribution in [2.24, 2.45) is 0 Å². The molecule has 0 saturated heterocycles. The molecule has 1 amide bonds. The molecule has 29 heavy (non-hydrogen) atoms. The van der Waals surface area contributed by atoms with Gasteiger partial charge in [0.2, 0.25) is 0 Å². The second-order valence-electron chi connectivity index (χ2n) is 7.72. The third kappa shape index (κ3) is 5.82. The van der Waals surface area contributed by atoms with Crippen LogP contribution in [0.15, 0.2) is 35.6 Å². The fraction of sp³-hybridized carbons (Fsp3) is 0.565. The van der Waals surface area contributed by atoms with Gasteiger partial charge in [0.1, 0.15) is 5.75 Å². The number of phenols is 1. The molecule has 1 heterocycles. The van der Waals surface area contributed by atoms with Crippen molar-refractivity contribution < 1.29 is 19.8 Å². The average Bonchev–Trinajstić information content (AvgIpc) is 2.94. The Morgan fingerprint density at radius 2 is 1.69 bits per heavy atom. The van der Waals surface area contributed by atoms with Crippen LogP contribution in [0, 0.1) is 0 Å². The molecule has 0 radical (unpaired) electrons. The molecule has 2 N–H and O–H groups in total. The van der Waals surface area contributed by atoms with E-state index >= 15 is 0 Å². The Labute approximate surface area is 173 Å². The van der Waals surface area contributed by atoms with Crippen molar-refractivity contribution in [3.63, 3.8) is 0 Å². The molecule has 6 nitrogen and oxygen atoms in total. The maximum absolute atomic E-state index is 12.7. The number of benzene rings is 1. The topological polar surface area (TPSA) is 81.1 Å². The van der Waals surface area contributed by atoms with Crippen LogP contribution in [-0.2, 0) is 9.59 Å². The Kier molecular flexibility index (Phi) is 8.70. The first-order valence-corrected chi connectivity index (χ1v) is 10.7. The molecule has 0 spiro atoms. The molecule has 1 aliphatic rings. The molecule has 2 rings (SSSR count). The molecule has 1 aromatic rings. The Balaban J connectivity index is 2.15. The summed E-state index contributed by atoms with van der Waals surface area (Å²) in [5.41, 5.74) is 0.732. The molecule has 0 bridgehead atoms. The van der Waals surface area contributed by atoms with E-state index in [-0.39, 0.29) is 17.1 Å². The van der Waals surface area contributed by atoms with Gasteiger partial charge in [0.25, 0.3) is 5.91 Å². The quantitative estimate of drug-likeness (QED) is 0.553. The zero-order valence-corrected chi connectivity index (χ0v) is 17.9. The monoisotopic (exact) mass is 402 g/mol. The van der Waals surface area contributed by atoms with E-state index in [0.29, 0.717) is 12.1 Å². The van der Waals surface area contributed by atoms with Crippen LogP contribution in [0.25, 0.3) is 0 Å². The maximum Gasteiger partial charge on any atom is 0.290 e. The lowest BCUT2D eigenvalue weighted by molar-refractivity contribution is -0.129. The average molecular weight is 403 g/mol. The Bertz CT molecular complexity index is 736. The largest absolute Gasteiger partial charge is 0.508 e. The SMILES string of the molecule is CCCCN(CCCC)CCCN1C(=O)C(O)=C(C(C)=O)[C@@H]1c1cccc(O)c1. The number of aliphatic hydroxyl groups is 1. The number of ketones is 1. The minimum Gasteiger partial charge on any atom is -0.508 e. The number of rotatable bonds is 12. The second-order valence-corrected chi connectivity index (χ2v) is 7.72. The summed E-state index contributed by atoms with van der Waals surface area (Å²) in [4.78, 5) is 28.8. The number of aromatic hydroxyl groups is 1. The fourth-order valence-corrected chi connectivity index (χ4v) is 3.85. The number of unbranched alkanes of at least 4 members (excludes halogenated alkanes) is 2. The number of phenolic OH excluding ortho intramolecular Hbond substituents is 1. The summed E-state index contributed by atoms with van der Waals surface area (Å²) in [6.07, 6.45) is 5.34. The first-order chi connectivity index (χ1) is 13.9. The molecule has 6 heteroatoms. The minimum atomic E-state index is -0.660. The Morgan fingerprint density at radius 1 is 1.07 bits per heavy atom. The third-order valence-electron chi connectivity index (χ3n) is 5.40. The van der Waals surface area contributed by atoms with Crippen molar-refractivity contribution in [2.75, 3.05) is 26.2 Å². The minimum absolute atomic E-state index is 0.0643. The van der Waals surface area contributed by atoms with Crippen molar-refractivity contribution in [1.29, 1.82) is 0 Å². The van der Waals surface area contributed by atoms with Crippen LogP contribution in [0.3, 0.4) is 0 Å². The first-order valence-electron chi connectivity index (χ1n) is 10.7. The molecule has 0 saturated carbocycles. The number of nitrogens with zero attached hydrogens (tertiary/aromatic N) is 2. The standard InChI is InChI=1S/C23H34N2O4/c1-4-6-12-24(13-7-5-2)14-9-15-25-21(18-10-8-11-19(27)16-18)20(17(3)26)22(28)23(25)29/h8,10-11,16,21,27-28H,4-7,9,12-15H2,1-3H3/t21-/m0/s1. The van der Waals surface area contributed by atoms with Crippen LogP contribution in [0.5, 0.6) is 5.75 Å². The molecule has 1 atom stereocenters. The molecule has 0 unspecified atom stereocenters. The van der Waals surface area contributed by atoms with E-state index in [0.717, 1.165) is 51.7 Å². The second kappa shape index (κ2) is 11.0. The lowest BCUT2D eigenvalue weighted by atomic mass is 9.96. The molecular weight excluding hydrogens is 368 g/mol. The summed E-state index contributed by atoms with van der Waals surface area (Å²) in [6, 6.07) is 5.87. The predicted molar refractivity (Wildman–Crippen MR) is 114 cm³/mol. The van der Waals surface area contributed by atoms with Gasteiger partial charge in [-0.2, -0.15) is 0 Å². The van der Waals surface area contributed by atoms with Crippen LogP contribution < -0.4 is 0 Å². The Morgan fingerprint density at radius 3 is 2.24 bits per heavy atom. The molecular formula is C23H34N2O4. The smallest absolute Gasteiger partial charge is 0.290 e. The number of amides is 1. The fourth-order valence-electron chi connectivity index (χ4n) is 3.85. The van der Waals surface area contributed by atoms with Gasteiger partial charge in [-0.05, 0) is 63.5 Å². The number of aliphatic hydroxyl groups excluding tert-OH is 1. The highest BCUT2D eigenvalue weighted by Gasteiger charge is 2.42. The van der Waals surface area contributed by atoms with E-state index in [4.69, 9.17) is 0 Å². The summed E-state index contributed by atoms with van der Waals surface area (Å²) in [5.74, 6) is -1.26. The first kappa shape index (κ1) is 22.9. The van der Waals surface area contributed by atoms with Crippen molar-refractivity contribution in [2.45, 2.75) is 58.9 Å².